The van der Waals surface area contributed by atoms with Gasteiger partial charge in [0.25, 0.3) is 0 Å². The summed E-state index contributed by atoms with van der Waals surface area (Å²) < 4.78 is 30.1. The van der Waals surface area contributed by atoms with E-state index >= 15 is 0 Å². The lowest BCUT2D eigenvalue weighted by molar-refractivity contribution is -0.153. The number of aliphatic carboxylic acids is 1. The van der Waals surface area contributed by atoms with Crippen LogP contribution in [0.5, 0.6) is 11.5 Å². The van der Waals surface area contributed by atoms with Crippen molar-refractivity contribution in [2.24, 2.45) is 0 Å². The Hall–Kier alpha value is -2.31. The van der Waals surface area contributed by atoms with Crippen molar-refractivity contribution >= 4 is 17.6 Å². The lowest BCUT2D eigenvalue weighted by Crippen LogP contribution is -2.29. The molecule has 1 N–H and O–H groups in total. The van der Waals surface area contributed by atoms with E-state index in [0.717, 1.165) is 5.56 Å². The second-order valence-corrected chi connectivity index (χ2v) is 6.92. The van der Waals surface area contributed by atoms with Gasteiger partial charge in [0.05, 0.1) is 19.3 Å². The van der Waals surface area contributed by atoms with Gasteiger partial charge in [0.15, 0.2) is 17.7 Å². The van der Waals surface area contributed by atoms with Crippen LogP contribution in [0.4, 0.5) is 4.39 Å². The molecule has 0 aliphatic rings. The zero-order chi connectivity index (χ0) is 20.5. The SMILES string of the molecule is CC(C)O[C@@H](Cc1cccc(OCCCOc2ccc(Cl)cc2F)c1)C(=O)O. The summed E-state index contributed by atoms with van der Waals surface area (Å²) in [6.07, 6.45) is -0.270. The molecule has 0 aliphatic heterocycles. The van der Waals surface area contributed by atoms with Crippen molar-refractivity contribution in [2.75, 3.05) is 13.2 Å². The van der Waals surface area contributed by atoms with E-state index < -0.39 is 17.9 Å². The molecular formula is C21H24ClFO5. The molecule has 7 heteroatoms. The molecule has 2 rings (SSSR count). The van der Waals surface area contributed by atoms with Gasteiger partial charge in [-0.3, -0.25) is 0 Å². The Kier molecular flexibility index (Phi) is 8.54. The third-order valence-electron chi connectivity index (χ3n) is 3.74. The van der Waals surface area contributed by atoms with Crippen molar-refractivity contribution in [1.29, 1.82) is 0 Å². The van der Waals surface area contributed by atoms with E-state index in [4.69, 9.17) is 25.8 Å². The first kappa shape index (κ1) is 22.0. The number of carbonyl (C=O) groups is 1. The fourth-order valence-corrected chi connectivity index (χ4v) is 2.68. The summed E-state index contributed by atoms with van der Waals surface area (Å²) in [4.78, 5) is 11.3. The van der Waals surface area contributed by atoms with E-state index in [1.807, 2.05) is 6.07 Å². The van der Waals surface area contributed by atoms with Gasteiger partial charge in [0.2, 0.25) is 0 Å². The van der Waals surface area contributed by atoms with Crippen LogP contribution in [0.3, 0.4) is 0 Å². The van der Waals surface area contributed by atoms with Crippen LogP contribution >= 0.6 is 11.6 Å². The third kappa shape index (κ3) is 7.37. The molecule has 0 bridgehead atoms. The van der Waals surface area contributed by atoms with Gasteiger partial charge in [-0.05, 0) is 49.7 Å². The number of halogens is 2. The first-order chi connectivity index (χ1) is 13.3. The highest BCUT2D eigenvalue weighted by Crippen LogP contribution is 2.21. The molecule has 28 heavy (non-hydrogen) atoms. The molecule has 0 aromatic heterocycles. The number of carboxylic acid groups (broad SMARTS) is 1. The summed E-state index contributed by atoms with van der Waals surface area (Å²) in [7, 11) is 0. The predicted octanol–water partition coefficient (Wildman–Crippen LogP) is 4.75. The number of hydrogen-bond acceptors (Lipinski definition) is 4. The molecule has 0 aliphatic carbocycles. The summed E-state index contributed by atoms with van der Waals surface area (Å²) in [5, 5.41) is 9.59. The molecule has 1 atom stereocenters. The van der Waals surface area contributed by atoms with Crippen LogP contribution in [0, 0.1) is 5.82 Å². The quantitative estimate of drug-likeness (QED) is 0.541. The van der Waals surface area contributed by atoms with Crippen LogP contribution in [0.2, 0.25) is 5.02 Å². The molecular weight excluding hydrogens is 387 g/mol. The molecule has 152 valence electrons. The lowest BCUT2D eigenvalue weighted by atomic mass is 10.1. The first-order valence-corrected chi connectivity index (χ1v) is 9.41. The molecule has 0 saturated heterocycles. The number of hydrogen-bond donors (Lipinski definition) is 1. The molecule has 0 saturated carbocycles. The largest absolute Gasteiger partial charge is 0.493 e. The normalized spacial score (nSPS) is 12.0. The molecule has 2 aromatic rings. The Morgan fingerprint density at radius 2 is 1.89 bits per heavy atom. The zero-order valence-corrected chi connectivity index (χ0v) is 16.6. The van der Waals surface area contributed by atoms with Crippen molar-refractivity contribution in [1.82, 2.24) is 0 Å². The molecule has 0 amide bonds. The summed E-state index contributed by atoms with van der Waals surface area (Å²) in [5.74, 6) is -0.718. The van der Waals surface area contributed by atoms with E-state index in [-0.39, 0.29) is 18.3 Å². The smallest absolute Gasteiger partial charge is 0.333 e. The van der Waals surface area contributed by atoms with Crippen LogP contribution in [0.15, 0.2) is 42.5 Å². The van der Waals surface area contributed by atoms with Crippen molar-refractivity contribution < 1.29 is 28.5 Å². The summed E-state index contributed by atoms with van der Waals surface area (Å²) in [6.45, 7) is 4.27. The van der Waals surface area contributed by atoms with Gasteiger partial charge < -0.3 is 19.3 Å². The fourth-order valence-electron chi connectivity index (χ4n) is 2.52. The maximum atomic E-state index is 13.6. The van der Waals surface area contributed by atoms with Gasteiger partial charge in [0.1, 0.15) is 5.75 Å². The first-order valence-electron chi connectivity index (χ1n) is 9.03. The average molecular weight is 411 g/mol. The van der Waals surface area contributed by atoms with Crippen LogP contribution in [0.1, 0.15) is 25.8 Å². The number of carboxylic acids is 1. The Balaban J connectivity index is 1.80. The van der Waals surface area contributed by atoms with Gasteiger partial charge in [-0.2, -0.15) is 0 Å². The maximum absolute atomic E-state index is 13.6. The van der Waals surface area contributed by atoms with Crippen molar-refractivity contribution in [3.05, 3.63) is 58.9 Å². The van der Waals surface area contributed by atoms with Gasteiger partial charge in [-0.25, -0.2) is 9.18 Å². The number of benzene rings is 2. The van der Waals surface area contributed by atoms with Gasteiger partial charge in [0, 0.05) is 17.9 Å². The Bertz CT molecular complexity index is 781. The summed E-state index contributed by atoms with van der Waals surface area (Å²) >= 11 is 5.70. The van der Waals surface area contributed by atoms with E-state index in [0.29, 0.717) is 30.4 Å². The fraction of sp³-hybridized carbons (Fsp3) is 0.381. The Labute approximate surface area is 169 Å². The molecule has 0 radical (unpaired) electrons. The van der Waals surface area contributed by atoms with E-state index in [1.165, 1.54) is 12.1 Å². The minimum Gasteiger partial charge on any atom is -0.493 e. The number of ether oxygens (including phenoxy) is 3. The monoisotopic (exact) mass is 410 g/mol. The molecule has 5 nitrogen and oxygen atoms in total. The standard InChI is InChI=1S/C21H24ClFO5/c1-14(2)28-20(21(24)25)12-15-5-3-6-17(11-15)26-9-4-10-27-19-8-7-16(22)13-18(19)23/h3,5-8,11,13-14,20H,4,9-10,12H2,1-2H3,(H,24,25)/t20-/m0/s1. The Morgan fingerprint density at radius 1 is 1.14 bits per heavy atom. The van der Waals surface area contributed by atoms with Gasteiger partial charge in [-0.15, -0.1) is 0 Å². The second kappa shape index (κ2) is 10.9. The highest BCUT2D eigenvalue weighted by atomic mass is 35.5. The molecule has 0 spiro atoms. The topological polar surface area (TPSA) is 65.0 Å². The van der Waals surface area contributed by atoms with E-state index in [9.17, 15) is 14.3 Å². The summed E-state index contributed by atoms with van der Waals surface area (Å²) in [6, 6.07) is 11.5. The van der Waals surface area contributed by atoms with Crippen LogP contribution in [-0.2, 0) is 16.0 Å². The van der Waals surface area contributed by atoms with Crippen molar-refractivity contribution in [2.45, 2.75) is 38.9 Å². The van der Waals surface area contributed by atoms with Crippen LogP contribution in [-0.4, -0.2) is 36.5 Å². The highest BCUT2D eigenvalue weighted by Gasteiger charge is 2.20. The average Bonchev–Trinajstić information content (AvgIpc) is 2.62. The van der Waals surface area contributed by atoms with E-state index in [2.05, 4.69) is 0 Å². The minimum atomic E-state index is -0.994. The second-order valence-electron chi connectivity index (χ2n) is 6.49. The van der Waals surface area contributed by atoms with Crippen LogP contribution < -0.4 is 9.47 Å². The highest BCUT2D eigenvalue weighted by molar-refractivity contribution is 6.30. The minimum absolute atomic E-state index is 0.149. The third-order valence-corrected chi connectivity index (χ3v) is 3.98. The molecule has 0 fully saturated rings. The van der Waals surface area contributed by atoms with Crippen molar-refractivity contribution in [3.8, 4) is 11.5 Å². The van der Waals surface area contributed by atoms with E-state index in [1.54, 1.807) is 38.1 Å². The van der Waals surface area contributed by atoms with Crippen molar-refractivity contribution in [3.63, 3.8) is 0 Å². The number of rotatable bonds is 11. The van der Waals surface area contributed by atoms with Gasteiger partial charge >= 0.3 is 5.97 Å². The van der Waals surface area contributed by atoms with Gasteiger partial charge in [-0.1, -0.05) is 23.7 Å². The zero-order valence-electron chi connectivity index (χ0n) is 15.9. The summed E-state index contributed by atoms with van der Waals surface area (Å²) in [5.41, 5.74) is 0.810. The molecule has 2 aromatic carbocycles. The Morgan fingerprint density at radius 3 is 2.57 bits per heavy atom. The van der Waals surface area contributed by atoms with Crippen LogP contribution in [0.25, 0.3) is 0 Å². The maximum Gasteiger partial charge on any atom is 0.333 e. The predicted molar refractivity (Wildman–Crippen MR) is 105 cm³/mol. The molecule has 0 heterocycles. The lowest BCUT2D eigenvalue weighted by Gasteiger charge is -2.17. The molecule has 0 unspecified atom stereocenters.